The van der Waals surface area contributed by atoms with Crippen LogP contribution >= 0.6 is 0 Å². The second-order valence-electron chi connectivity index (χ2n) is 3.50. The fourth-order valence-corrected chi connectivity index (χ4v) is 1.16. The lowest BCUT2D eigenvalue weighted by atomic mass is 10.1. The minimum absolute atomic E-state index is 0.0427. The van der Waals surface area contributed by atoms with Crippen molar-refractivity contribution in [3.8, 4) is 5.75 Å². The predicted octanol–water partition coefficient (Wildman–Crippen LogP) is 0.724. The first-order valence-electron chi connectivity index (χ1n) is 5.28. The van der Waals surface area contributed by atoms with Crippen LogP contribution in [-0.2, 0) is 4.79 Å². The molecule has 0 heterocycles. The normalized spacial score (nSPS) is 9.44. The van der Waals surface area contributed by atoms with Crippen LogP contribution in [0.2, 0.25) is 0 Å². The number of hydrogen-bond donors (Lipinski definition) is 2. The van der Waals surface area contributed by atoms with Crippen molar-refractivity contribution in [1.29, 1.82) is 0 Å². The molecule has 96 valence electrons. The van der Waals surface area contributed by atoms with E-state index in [0.717, 1.165) is 0 Å². The smallest absolute Gasteiger partial charge is 0.321 e. The summed E-state index contributed by atoms with van der Waals surface area (Å²) in [6, 6.07) is 5.80. The standard InChI is InChI=1S/C12H14N2O4/c1-8(15)9-3-5-10(6-4-9)18-7-11(16)14-12(17)13-2/h3-6H,7H2,1-2H3,(H2,13,14,16,17). The van der Waals surface area contributed by atoms with Gasteiger partial charge in [0, 0.05) is 12.6 Å². The number of carbonyl (C=O) groups excluding carboxylic acids is 3. The van der Waals surface area contributed by atoms with Crippen molar-refractivity contribution in [3.63, 3.8) is 0 Å². The summed E-state index contributed by atoms with van der Waals surface area (Å²) in [5.41, 5.74) is 0.567. The second-order valence-corrected chi connectivity index (χ2v) is 3.50. The first-order valence-corrected chi connectivity index (χ1v) is 5.28. The molecule has 18 heavy (non-hydrogen) atoms. The van der Waals surface area contributed by atoms with Crippen LogP contribution in [0.3, 0.4) is 0 Å². The number of ketones is 1. The molecule has 0 fully saturated rings. The van der Waals surface area contributed by atoms with E-state index in [0.29, 0.717) is 11.3 Å². The lowest BCUT2D eigenvalue weighted by Gasteiger charge is -2.06. The highest BCUT2D eigenvalue weighted by atomic mass is 16.5. The van der Waals surface area contributed by atoms with Gasteiger partial charge in [-0.2, -0.15) is 0 Å². The molecule has 0 unspecified atom stereocenters. The molecule has 0 spiro atoms. The van der Waals surface area contributed by atoms with Gasteiger partial charge in [-0.05, 0) is 31.2 Å². The predicted molar refractivity (Wildman–Crippen MR) is 64.5 cm³/mol. The molecule has 0 aliphatic rings. The monoisotopic (exact) mass is 250 g/mol. The van der Waals surface area contributed by atoms with E-state index in [-0.39, 0.29) is 12.4 Å². The van der Waals surface area contributed by atoms with Crippen molar-refractivity contribution >= 4 is 17.7 Å². The minimum atomic E-state index is -0.587. The number of urea groups is 1. The molecule has 6 heteroatoms. The molecule has 0 atom stereocenters. The fourth-order valence-electron chi connectivity index (χ4n) is 1.16. The van der Waals surface area contributed by atoms with E-state index in [1.165, 1.54) is 14.0 Å². The maximum Gasteiger partial charge on any atom is 0.321 e. The van der Waals surface area contributed by atoms with Gasteiger partial charge in [0.25, 0.3) is 5.91 Å². The topological polar surface area (TPSA) is 84.5 Å². The quantitative estimate of drug-likeness (QED) is 0.771. The number of amides is 3. The van der Waals surface area contributed by atoms with Gasteiger partial charge < -0.3 is 10.1 Å². The molecular formula is C12H14N2O4. The molecule has 1 rings (SSSR count). The average Bonchev–Trinajstić information content (AvgIpc) is 2.36. The number of Topliss-reactive ketones (excluding diaryl/α,β-unsaturated/α-hetero) is 1. The van der Waals surface area contributed by atoms with Crippen molar-refractivity contribution < 1.29 is 19.1 Å². The Morgan fingerprint density at radius 1 is 1.17 bits per heavy atom. The SMILES string of the molecule is CNC(=O)NC(=O)COc1ccc(C(C)=O)cc1. The molecule has 0 radical (unpaired) electrons. The van der Waals surface area contributed by atoms with Gasteiger partial charge >= 0.3 is 6.03 Å². The summed E-state index contributed by atoms with van der Waals surface area (Å²) in [6.07, 6.45) is 0. The molecule has 0 aliphatic heterocycles. The summed E-state index contributed by atoms with van der Waals surface area (Å²) in [5.74, 6) is -0.143. The number of rotatable bonds is 4. The van der Waals surface area contributed by atoms with E-state index in [2.05, 4.69) is 10.6 Å². The Balaban J connectivity index is 2.46. The number of imide groups is 1. The van der Waals surface area contributed by atoms with Crippen LogP contribution in [0.4, 0.5) is 4.79 Å². The Morgan fingerprint density at radius 2 is 1.78 bits per heavy atom. The summed E-state index contributed by atoms with van der Waals surface area (Å²) in [4.78, 5) is 33.1. The third kappa shape index (κ3) is 4.25. The third-order valence-corrected chi connectivity index (χ3v) is 2.11. The zero-order valence-corrected chi connectivity index (χ0v) is 10.1. The maximum absolute atomic E-state index is 11.2. The summed E-state index contributed by atoms with van der Waals surface area (Å²) >= 11 is 0. The highest BCUT2D eigenvalue weighted by Crippen LogP contribution is 2.12. The van der Waals surface area contributed by atoms with Gasteiger partial charge in [0.1, 0.15) is 5.75 Å². The highest BCUT2D eigenvalue weighted by molar-refractivity contribution is 5.95. The molecular weight excluding hydrogens is 236 g/mol. The molecule has 6 nitrogen and oxygen atoms in total. The van der Waals surface area contributed by atoms with Crippen LogP contribution in [0, 0.1) is 0 Å². The van der Waals surface area contributed by atoms with Crippen molar-refractivity contribution in [2.75, 3.05) is 13.7 Å². The lowest BCUT2D eigenvalue weighted by molar-refractivity contribution is -0.122. The van der Waals surface area contributed by atoms with Crippen LogP contribution < -0.4 is 15.4 Å². The minimum Gasteiger partial charge on any atom is -0.484 e. The number of nitrogens with one attached hydrogen (secondary N) is 2. The largest absolute Gasteiger partial charge is 0.484 e. The van der Waals surface area contributed by atoms with Gasteiger partial charge in [0.2, 0.25) is 0 Å². The number of benzene rings is 1. The molecule has 0 saturated carbocycles. The van der Waals surface area contributed by atoms with Gasteiger partial charge in [-0.3, -0.25) is 14.9 Å². The van der Waals surface area contributed by atoms with Crippen LogP contribution in [0.15, 0.2) is 24.3 Å². The van der Waals surface area contributed by atoms with Crippen molar-refractivity contribution in [2.45, 2.75) is 6.92 Å². The first kappa shape index (κ1) is 13.7. The van der Waals surface area contributed by atoms with Crippen molar-refractivity contribution in [2.24, 2.45) is 0 Å². The number of ether oxygens (including phenoxy) is 1. The highest BCUT2D eigenvalue weighted by Gasteiger charge is 2.06. The van der Waals surface area contributed by atoms with Gasteiger partial charge in [-0.15, -0.1) is 0 Å². The Morgan fingerprint density at radius 3 is 2.28 bits per heavy atom. The van der Waals surface area contributed by atoms with E-state index >= 15 is 0 Å². The van der Waals surface area contributed by atoms with Gasteiger partial charge in [0.05, 0.1) is 0 Å². The molecule has 0 aromatic heterocycles. The van der Waals surface area contributed by atoms with E-state index in [4.69, 9.17) is 4.74 Å². The summed E-state index contributed by atoms with van der Waals surface area (Å²) in [7, 11) is 1.41. The fraction of sp³-hybridized carbons (Fsp3) is 0.250. The molecule has 1 aromatic rings. The Bertz CT molecular complexity index is 454. The van der Waals surface area contributed by atoms with Crippen LogP contribution in [-0.4, -0.2) is 31.4 Å². The number of carbonyl (C=O) groups is 3. The van der Waals surface area contributed by atoms with Gasteiger partial charge in [0.15, 0.2) is 12.4 Å². The Hall–Kier alpha value is -2.37. The lowest BCUT2D eigenvalue weighted by Crippen LogP contribution is -2.39. The van der Waals surface area contributed by atoms with Crippen molar-refractivity contribution in [3.05, 3.63) is 29.8 Å². The summed E-state index contributed by atoms with van der Waals surface area (Å²) in [5, 5.41) is 4.31. The van der Waals surface area contributed by atoms with Gasteiger partial charge in [-0.1, -0.05) is 0 Å². The first-order chi connectivity index (χ1) is 8.52. The van der Waals surface area contributed by atoms with Crippen LogP contribution in [0.5, 0.6) is 5.75 Å². The van der Waals surface area contributed by atoms with E-state index in [9.17, 15) is 14.4 Å². The average molecular weight is 250 g/mol. The van der Waals surface area contributed by atoms with E-state index in [1.54, 1.807) is 24.3 Å². The summed E-state index contributed by atoms with van der Waals surface area (Å²) in [6.45, 7) is 1.19. The van der Waals surface area contributed by atoms with E-state index < -0.39 is 11.9 Å². The maximum atomic E-state index is 11.2. The van der Waals surface area contributed by atoms with E-state index in [1.807, 2.05) is 0 Å². The van der Waals surface area contributed by atoms with Crippen LogP contribution in [0.25, 0.3) is 0 Å². The van der Waals surface area contributed by atoms with Crippen LogP contribution in [0.1, 0.15) is 17.3 Å². The van der Waals surface area contributed by atoms with Gasteiger partial charge in [-0.25, -0.2) is 4.79 Å². The molecule has 3 amide bonds. The second kappa shape index (κ2) is 6.39. The zero-order chi connectivity index (χ0) is 13.5. The zero-order valence-electron chi connectivity index (χ0n) is 10.1. The third-order valence-electron chi connectivity index (χ3n) is 2.11. The molecule has 0 saturated heterocycles. The number of hydrogen-bond acceptors (Lipinski definition) is 4. The molecule has 0 bridgehead atoms. The molecule has 1 aromatic carbocycles. The summed E-state index contributed by atoms with van der Waals surface area (Å²) < 4.78 is 5.14. The molecule has 2 N–H and O–H groups in total. The Labute approximate surface area is 104 Å². The molecule has 0 aliphatic carbocycles. The van der Waals surface area contributed by atoms with Crippen molar-refractivity contribution in [1.82, 2.24) is 10.6 Å². The Kier molecular flexibility index (Phi) is 4.86.